The Morgan fingerprint density at radius 3 is 2.07 bits per heavy atom. The van der Waals surface area contributed by atoms with Gasteiger partial charge in [0.15, 0.2) is 0 Å². The third kappa shape index (κ3) is 4.51. The van der Waals surface area contributed by atoms with Crippen LogP contribution in [0.3, 0.4) is 0 Å². The van der Waals surface area contributed by atoms with Crippen LogP contribution in [0.4, 0.5) is 0 Å². The molecule has 234 valence electrons. The minimum Gasteiger partial charge on any atom is -0.465 e. The molecule has 0 saturated heterocycles. The lowest BCUT2D eigenvalue weighted by Crippen LogP contribution is -2.63. The second-order valence-electron chi connectivity index (χ2n) is 16.5. The summed E-state index contributed by atoms with van der Waals surface area (Å²) < 4.78 is 17.6. The van der Waals surface area contributed by atoms with E-state index in [2.05, 4.69) is 60.6 Å². The first-order valence-electron chi connectivity index (χ1n) is 16.2. The normalized spacial score (nSPS) is 45.5. The summed E-state index contributed by atoms with van der Waals surface area (Å²) in [5, 5.41) is 0. The van der Waals surface area contributed by atoms with Crippen LogP contribution >= 0.6 is 0 Å². The van der Waals surface area contributed by atoms with E-state index in [4.69, 9.17) is 14.2 Å². The molecule has 42 heavy (non-hydrogen) atoms. The zero-order chi connectivity index (χ0) is 31.1. The summed E-state index contributed by atoms with van der Waals surface area (Å²) in [4.78, 5) is 36.1. The molecule has 0 spiro atoms. The van der Waals surface area contributed by atoms with E-state index in [0.717, 1.165) is 44.9 Å². The van der Waals surface area contributed by atoms with E-state index in [1.165, 1.54) is 31.9 Å². The number of rotatable bonds is 4. The first-order valence-corrected chi connectivity index (χ1v) is 16.2. The van der Waals surface area contributed by atoms with Gasteiger partial charge in [-0.05, 0) is 85.0 Å². The molecule has 5 rings (SSSR count). The maximum Gasteiger partial charge on any atom is 0.302 e. The molecule has 0 heterocycles. The van der Waals surface area contributed by atoms with Gasteiger partial charge in [0.1, 0.15) is 12.2 Å². The highest BCUT2D eigenvalue weighted by Crippen LogP contribution is 2.74. The highest BCUT2D eigenvalue weighted by Gasteiger charge is 2.67. The Labute approximate surface area is 253 Å². The lowest BCUT2D eigenvalue weighted by atomic mass is 9.35. The fourth-order valence-corrected chi connectivity index (χ4v) is 11.0. The van der Waals surface area contributed by atoms with Gasteiger partial charge in [0.25, 0.3) is 0 Å². The molecule has 0 aromatic rings. The second-order valence-corrected chi connectivity index (χ2v) is 16.5. The first-order chi connectivity index (χ1) is 19.3. The zero-order valence-corrected chi connectivity index (χ0v) is 27.8. The first kappa shape index (κ1) is 31.3. The molecular weight excluding hydrogens is 528 g/mol. The predicted molar refractivity (Wildman–Crippen MR) is 162 cm³/mol. The number of hydrogen-bond donors (Lipinski definition) is 0. The predicted octanol–water partition coefficient (Wildman–Crippen LogP) is 7.74. The van der Waals surface area contributed by atoms with Gasteiger partial charge in [-0.15, -0.1) is 0 Å². The quantitative estimate of drug-likeness (QED) is 0.249. The molecule has 6 nitrogen and oxygen atoms in total. The van der Waals surface area contributed by atoms with E-state index in [1.54, 1.807) is 0 Å². The number of fused-ring (bicyclic) bond motifs is 6. The monoisotopic (exact) mass is 582 g/mol. The van der Waals surface area contributed by atoms with E-state index in [-0.39, 0.29) is 62.6 Å². The van der Waals surface area contributed by atoms with Gasteiger partial charge in [0.2, 0.25) is 0 Å². The summed E-state index contributed by atoms with van der Waals surface area (Å²) in [7, 11) is 0. The van der Waals surface area contributed by atoms with Gasteiger partial charge in [-0.2, -0.15) is 0 Å². The maximum atomic E-state index is 12.3. The Morgan fingerprint density at radius 2 is 1.45 bits per heavy atom. The summed E-state index contributed by atoms with van der Waals surface area (Å²) in [5.74, 6) is 0.182. The molecular formula is C36H54O6. The summed E-state index contributed by atoms with van der Waals surface area (Å²) in [6.07, 6.45) is 12.4. The van der Waals surface area contributed by atoms with Crippen molar-refractivity contribution in [1.82, 2.24) is 0 Å². The molecule has 0 bridgehead atoms. The molecule has 0 N–H and O–H groups in total. The van der Waals surface area contributed by atoms with Crippen molar-refractivity contribution in [2.45, 2.75) is 133 Å². The van der Waals surface area contributed by atoms with Crippen LogP contribution in [0.2, 0.25) is 0 Å². The summed E-state index contributed by atoms with van der Waals surface area (Å²) >= 11 is 0. The van der Waals surface area contributed by atoms with Crippen molar-refractivity contribution in [2.75, 3.05) is 6.61 Å². The summed E-state index contributed by atoms with van der Waals surface area (Å²) in [6, 6.07) is 0. The fraction of sp³-hybridized carbons (Fsp3) is 0.806. The number of allylic oxidation sites excluding steroid dienone is 3. The van der Waals surface area contributed by atoms with Crippen molar-refractivity contribution in [2.24, 2.45) is 44.3 Å². The Kier molecular flexibility index (Phi) is 7.42. The van der Waals surface area contributed by atoms with Gasteiger partial charge >= 0.3 is 17.9 Å². The van der Waals surface area contributed by atoms with Crippen molar-refractivity contribution >= 4 is 17.9 Å². The van der Waals surface area contributed by atoms with Crippen LogP contribution < -0.4 is 0 Å². The minimum absolute atomic E-state index is 0.0213. The molecule has 0 unspecified atom stereocenters. The Balaban J connectivity index is 1.60. The van der Waals surface area contributed by atoms with Crippen LogP contribution in [-0.4, -0.2) is 36.7 Å². The van der Waals surface area contributed by atoms with Crippen LogP contribution in [0.25, 0.3) is 0 Å². The molecule has 6 heteroatoms. The lowest BCUT2D eigenvalue weighted by molar-refractivity contribution is -0.198. The summed E-state index contributed by atoms with van der Waals surface area (Å²) in [5.41, 5.74) is 2.35. The van der Waals surface area contributed by atoms with E-state index in [1.807, 2.05) is 0 Å². The van der Waals surface area contributed by atoms with E-state index >= 15 is 0 Å². The lowest BCUT2D eigenvalue weighted by Gasteiger charge is -2.69. The number of carbonyl (C=O) groups is 3. The van der Waals surface area contributed by atoms with Crippen molar-refractivity contribution < 1.29 is 28.6 Å². The van der Waals surface area contributed by atoms with Crippen LogP contribution in [0, 0.1) is 44.3 Å². The van der Waals surface area contributed by atoms with Crippen LogP contribution in [0.5, 0.6) is 0 Å². The fourth-order valence-electron chi connectivity index (χ4n) is 11.0. The molecule has 3 fully saturated rings. The molecule has 0 radical (unpaired) electrons. The Hall–Kier alpha value is -2.11. The van der Waals surface area contributed by atoms with Crippen molar-refractivity contribution in [3.8, 4) is 0 Å². The average Bonchev–Trinajstić information content (AvgIpc) is 2.86. The van der Waals surface area contributed by atoms with Gasteiger partial charge in [-0.3, -0.25) is 14.4 Å². The van der Waals surface area contributed by atoms with Gasteiger partial charge in [-0.25, -0.2) is 0 Å². The van der Waals surface area contributed by atoms with E-state index in [9.17, 15) is 14.4 Å². The molecule has 0 amide bonds. The van der Waals surface area contributed by atoms with Gasteiger partial charge in [0.05, 0.1) is 6.61 Å². The average molecular weight is 583 g/mol. The van der Waals surface area contributed by atoms with Gasteiger partial charge < -0.3 is 14.2 Å². The largest absolute Gasteiger partial charge is 0.465 e. The molecule has 9 atom stereocenters. The van der Waals surface area contributed by atoms with Crippen molar-refractivity contribution in [3.05, 3.63) is 23.3 Å². The molecule has 3 saturated carbocycles. The van der Waals surface area contributed by atoms with E-state index < -0.39 is 0 Å². The molecule has 5 aliphatic carbocycles. The van der Waals surface area contributed by atoms with Crippen LogP contribution in [0.1, 0.15) is 121 Å². The molecule has 0 aromatic heterocycles. The second kappa shape index (κ2) is 9.95. The SMILES string of the molecule is CC(=O)OC[C@]1(C)CC2=C3C=C[C@@H]4[C@@]5(C)CC[C@@H](OC(C)=O)C(C)(C)[C@@H]5CC[C@@]4(C)[C@]3(C)CC[C@@]2(C)[C@H](OC(C)=O)C1. The highest BCUT2D eigenvalue weighted by atomic mass is 16.6. The van der Waals surface area contributed by atoms with Crippen molar-refractivity contribution in [1.29, 1.82) is 0 Å². The Morgan fingerprint density at radius 1 is 0.810 bits per heavy atom. The standard InChI is InChI=1S/C36H54O6/c1-22(37)40-21-32(6)19-26-25-11-12-28-34(8)15-14-29(41-23(2)38)31(4,5)27(34)13-16-36(28,10)35(25,9)18-17-33(26,7)30(20-32)42-24(3)39/h11-12,27-30H,13-21H2,1-10H3/t27-,28+,29+,30+,32+,33+,34-,35+,36+/m0/s1. The topological polar surface area (TPSA) is 78.9 Å². The maximum absolute atomic E-state index is 12.3. The zero-order valence-electron chi connectivity index (χ0n) is 27.8. The van der Waals surface area contributed by atoms with Gasteiger partial charge in [0, 0.05) is 37.0 Å². The molecule has 5 aliphatic rings. The molecule has 0 aliphatic heterocycles. The highest BCUT2D eigenvalue weighted by molar-refractivity contribution is 5.67. The van der Waals surface area contributed by atoms with E-state index in [0.29, 0.717) is 24.9 Å². The number of hydrogen-bond acceptors (Lipinski definition) is 6. The number of esters is 3. The van der Waals surface area contributed by atoms with Crippen LogP contribution in [0.15, 0.2) is 23.3 Å². The Bertz CT molecular complexity index is 1230. The van der Waals surface area contributed by atoms with Gasteiger partial charge in [-0.1, -0.05) is 66.2 Å². The number of ether oxygens (including phenoxy) is 3. The molecule has 0 aromatic carbocycles. The number of carbonyl (C=O) groups excluding carboxylic acids is 3. The third-order valence-electron chi connectivity index (χ3n) is 13.5. The van der Waals surface area contributed by atoms with Crippen LogP contribution in [-0.2, 0) is 28.6 Å². The minimum atomic E-state index is -0.305. The smallest absolute Gasteiger partial charge is 0.302 e. The third-order valence-corrected chi connectivity index (χ3v) is 13.5. The summed E-state index contributed by atoms with van der Waals surface area (Å²) in [6.45, 7) is 21.5. The van der Waals surface area contributed by atoms with Crippen molar-refractivity contribution in [3.63, 3.8) is 0 Å².